The molecule has 0 bridgehead atoms. The summed E-state index contributed by atoms with van der Waals surface area (Å²) in [4.78, 5) is 40.0. The molecule has 0 unspecified atom stereocenters. The number of allylic oxidation sites excluding steroid dienone is 4. The first kappa shape index (κ1) is 27.9. The number of carboxylic acid groups (broad SMARTS) is 1. The largest absolute Gasteiger partial charge is 0.493 e. The summed E-state index contributed by atoms with van der Waals surface area (Å²) in [6, 6.07) is 10.3. The fourth-order valence-corrected chi connectivity index (χ4v) is 6.79. The van der Waals surface area contributed by atoms with Gasteiger partial charge in [0.15, 0.2) is 23.1 Å². The number of carbonyl (C=O) groups is 3. The summed E-state index contributed by atoms with van der Waals surface area (Å²) in [6.07, 6.45) is 3.02. The Morgan fingerprint density at radius 2 is 1.55 bits per heavy atom. The molecule has 0 saturated carbocycles. The molecule has 2 aromatic rings. The van der Waals surface area contributed by atoms with Gasteiger partial charge in [0, 0.05) is 52.9 Å². The van der Waals surface area contributed by atoms with Crippen LogP contribution in [-0.2, 0) is 24.5 Å². The Balaban J connectivity index is 1.59. The third kappa shape index (κ3) is 5.25. The van der Waals surface area contributed by atoms with Gasteiger partial charge in [0.1, 0.15) is 4.90 Å². The molecule has 40 heavy (non-hydrogen) atoms. The van der Waals surface area contributed by atoms with Gasteiger partial charge in [-0.3, -0.25) is 14.4 Å². The van der Waals surface area contributed by atoms with E-state index >= 15 is 0 Å². The number of carbonyl (C=O) groups excluding carboxylic acids is 2. The summed E-state index contributed by atoms with van der Waals surface area (Å²) in [6.45, 7) is 0.180. The molecule has 0 atom stereocenters. The zero-order valence-electron chi connectivity index (χ0n) is 21.8. The monoisotopic (exact) mass is 585 g/mol. The van der Waals surface area contributed by atoms with Crippen LogP contribution in [0, 0.1) is 0 Å². The van der Waals surface area contributed by atoms with E-state index in [1.54, 1.807) is 12.1 Å². The molecule has 0 amide bonds. The van der Waals surface area contributed by atoms with Crippen molar-refractivity contribution in [2.75, 3.05) is 13.7 Å². The van der Waals surface area contributed by atoms with Crippen molar-refractivity contribution < 1.29 is 36.8 Å². The second-order valence-electron chi connectivity index (χ2n) is 9.90. The predicted octanol–water partition coefficient (Wildman–Crippen LogP) is 5.00. The fourth-order valence-electron chi connectivity index (χ4n) is 5.73. The Bertz CT molecular complexity index is 1510. The number of Topliss-reactive ketones (excluding diaryl/α,β-unsaturated/α-hetero) is 2. The van der Waals surface area contributed by atoms with E-state index in [4.69, 9.17) is 20.5 Å². The van der Waals surface area contributed by atoms with E-state index in [9.17, 15) is 27.9 Å². The highest BCUT2D eigenvalue weighted by Gasteiger charge is 2.43. The molecule has 0 saturated heterocycles. The summed E-state index contributed by atoms with van der Waals surface area (Å²) in [5.74, 6) is -1.71. The minimum Gasteiger partial charge on any atom is -0.493 e. The van der Waals surface area contributed by atoms with E-state index in [-0.39, 0.29) is 40.9 Å². The van der Waals surface area contributed by atoms with Crippen LogP contribution in [0.15, 0.2) is 69.9 Å². The lowest BCUT2D eigenvalue weighted by Crippen LogP contribution is -2.39. The Morgan fingerprint density at radius 3 is 2.10 bits per heavy atom. The number of methoxy groups -OCH3 is 1. The molecule has 210 valence electrons. The average Bonchev–Trinajstić information content (AvgIpc) is 2.92. The normalized spacial score (nSPS) is 18.0. The van der Waals surface area contributed by atoms with Crippen LogP contribution >= 0.6 is 11.6 Å². The van der Waals surface area contributed by atoms with Gasteiger partial charge < -0.3 is 18.9 Å². The highest BCUT2D eigenvalue weighted by molar-refractivity contribution is 7.87. The van der Waals surface area contributed by atoms with Crippen molar-refractivity contribution in [3.63, 3.8) is 0 Å². The topological polar surface area (TPSA) is 127 Å². The molecule has 0 fully saturated rings. The van der Waals surface area contributed by atoms with Crippen LogP contribution in [-0.4, -0.2) is 49.6 Å². The summed E-state index contributed by atoms with van der Waals surface area (Å²) in [5, 5.41) is 9.73. The standard InChI is InChI=1S/C29H28ClNO8S/c1-38-25-16-17(8-13-24(25)39-40(36,37)19-11-9-18(30)10-12-19)27-28-20(4-2-6-22(28)32)31(15-14-26(34)35)21-5-3-7-23(33)29(21)27/h8-13,16,27H,2-7,14-15H2,1H3,(H,34,35). The maximum atomic E-state index is 13.4. The van der Waals surface area contributed by atoms with E-state index < -0.39 is 22.0 Å². The zero-order chi connectivity index (χ0) is 28.6. The van der Waals surface area contributed by atoms with Gasteiger partial charge in [-0.05, 0) is 67.6 Å². The molecule has 0 aromatic heterocycles. The first-order valence-corrected chi connectivity index (χ1v) is 14.8. The molecular formula is C29H28ClNO8S. The van der Waals surface area contributed by atoms with Crippen molar-refractivity contribution >= 4 is 39.3 Å². The van der Waals surface area contributed by atoms with Gasteiger partial charge in [0.05, 0.1) is 13.5 Å². The quantitative estimate of drug-likeness (QED) is 0.425. The van der Waals surface area contributed by atoms with Gasteiger partial charge in [0.2, 0.25) is 0 Å². The van der Waals surface area contributed by atoms with Crippen molar-refractivity contribution in [3.8, 4) is 11.5 Å². The number of hydrogen-bond donors (Lipinski definition) is 1. The van der Waals surface area contributed by atoms with E-state index in [0.717, 1.165) is 11.4 Å². The molecule has 11 heteroatoms. The molecule has 0 spiro atoms. The van der Waals surface area contributed by atoms with Gasteiger partial charge in [-0.15, -0.1) is 0 Å². The molecule has 1 aliphatic heterocycles. The molecule has 2 aliphatic carbocycles. The molecule has 1 N–H and O–H groups in total. The SMILES string of the molecule is COc1cc(C2C3=C(CCCC3=O)N(CCC(=O)O)C3=C2C(=O)CCC3)ccc1OS(=O)(=O)c1ccc(Cl)cc1. The number of hydrogen-bond acceptors (Lipinski definition) is 8. The van der Waals surface area contributed by atoms with Crippen LogP contribution in [0.5, 0.6) is 11.5 Å². The number of ether oxygens (including phenoxy) is 1. The smallest absolute Gasteiger partial charge is 0.339 e. The summed E-state index contributed by atoms with van der Waals surface area (Å²) >= 11 is 5.88. The average molecular weight is 586 g/mol. The minimum atomic E-state index is -4.20. The van der Waals surface area contributed by atoms with Crippen LogP contribution in [0.1, 0.15) is 56.4 Å². The van der Waals surface area contributed by atoms with Crippen molar-refractivity contribution in [2.24, 2.45) is 0 Å². The predicted molar refractivity (Wildman–Crippen MR) is 146 cm³/mol. The number of carboxylic acids is 1. The van der Waals surface area contributed by atoms with Gasteiger partial charge in [-0.25, -0.2) is 0 Å². The fraction of sp³-hybridized carbons (Fsp3) is 0.345. The first-order chi connectivity index (χ1) is 19.1. The maximum absolute atomic E-state index is 13.4. The number of benzene rings is 2. The van der Waals surface area contributed by atoms with E-state index in [1.807, 2.05) is 4.90 Å². The Morgan fingerprint density at radius 1 is 0.950 bits per heavy atom. The highest BCUT2D eigenvalue weighted by Crippen LogP contribution is 2.50. The molecule has 1 heterocycles. The molecule has 2 aromatic carbocycles. The first-order valence-electron chi connectivity index (χ1n) is 13.0. The van der Waals surface area contributed by atoms with Crippen LogP contribution < -0.4 is 8.92 Å². The Kier molecular flexibility index (Phi) is 7.74. The summed E-state index contributed by atoms with van der Waals surface area (Å²) < 4.78 is 36.7. The van der Waals surface area contributed by atoms with Gasteiger partial charge in [0.25, 0.3) is 0 Å². The second-order valence-corrected chi connectivity index (χ2v) is 11.9. The lowest BCUT2D eigenvalue weighted by Gasteiger charge is -2.44. The van der Waals surface area contributed by atoms with Crippen LogP contribution in [0.2, 0.25) is 5.02 Å². The number of rotatable bonds is 8. The van der Waals surface area contributed by atoms with Gasteiger partial charge >= 0.3 is 16.1 Å². The van der Waals surface area contributed by atoms with Crippen molar-refractivity contribution in [1.29, 1.82) is 0 Å². The maximum Gasteiger partial charge on any atom is 0.339 e. The van der Waals surface area contributed by atoms with E-state index in [1.165, 1.54) is 37.4 Å². The molecule has 5 rings (SSSR count). The highest BCUT2D eigenvalue weighted by atomic mass is 35.5. The number of nitrogens with zero attached hydrogens (tertiary/aromatic N) is 1. The van der Waals surface area contributed by atoms with Crippen LogP contribution in [0.3, 0.4) is 0 Å². The molecule has 3 aliphatic rings. The van der Waals surface area contributed by atoms with E-state index in [2.05, 4.69) is 0 Å². The van der Waals surface area contributed by atoms with Gasteiger partial charge in [-0.2, -0.15) is 8.42 Å². The summed E-state index contributed by atoms with van der Waals surface area (Å²) in [5.41, 5.74) is 3.11. The van der Waals surface area contributed by atoms with Crippen molar-refractivity contribution in [3.05, 3.63) is 75.6 Å². The molecule has 0 radical (unpaired) electrons. The van der Waals surface area contributed by atoms with Gasteiger partial charge in [-0.1, -0.05) is 17.7 Å². The Labute approximate surface area is 237 Å². The third-order valence-electron chi connectivity index (χ3n) is 7.46. The van der Waals surface area contributed by atoms with Crippen LogP contribution in [0.25, 0.3) is 0 Å². The number of halogens is 1. The third-order valence-corrected chi connectivity index (χ3v) is 8.96. The summed E-state index contributed by atoms with van der Waals surface area (Å²) in [7, 11) is -2.82. The Hall–Kier alpha value is -3.63. The number of ketones is 2. The van der Waals surface area contributed by atoms with E-state index in [0.29, 0.717) is 60.3 Å². The molecule has 9 nitrogen and oxygen atoms in total. The molecular weight excluding hydrogens is 558 g/mol. The second kappa shape index (κ2) is 11.1. The van der Waals surface area contributed by atoms with Crippen molar-refractivity contribution in [2.45, 2.75) is 55.8 Å². The zero-order valence-corrected chi connectivity index (χ0v) is 23.4. The lowest BCUT2D eigenvalue weighted by molar-refractivity contribution is -0.137. The number of aliphatic carboxylic acids is 1. The lowest BCUT2D eigenvalue weighted by atomic mass is 9.71. The van der Waals surface area contributed by atoms with Crippen LogP contribution in [0.4, 0.5) is 0 Å². The minimum absolute atomic E-state index is 0.0477. The van der Waals surface area contributed by atoms with Crippen molar-refractivity contribution in [1.82, 2.24) is 4.90 Å².